The summed E-state index contributed by atoms with van der Waals surface area (Å²) in [5.41, 5.74) is 5.40. The Morgan fingerprint density at radius 3 is 2.56 bits per heavy atom. The van der Waals surface area contributed by atoms with Crippen molar-refractivity contribution in [1.29, 1.82) is 0 Å². The molecule has 2 aromatic heterocycles. The molecule has 48 heavy (non-hydrogen) atoms. The molecule has 5 fully saturated rings. The van der Waals surface area contributed by atoms with Crippen molar-refractivity contribution in [3.63, 3.8) is 0 Å². The van der Waals surface area contributed by atoms with Crippen molar-refractivity contribution in [2.45, 2.75) is 61.3 Å². The van der Waals surface area contributed by atoms with Crippen molar-refractivity contribution in [3.8, 4) is 6.01 Å². The number of nitrogens with two attached hydrogens (primary N) is 1. The number of aromatic nitrogens is 3. The Bertz CT molecular complexity index is 1870. The molecule has 8 heterocycles. The highest BCUT2D eigenvalue weighted by Crippen LogP contribution is 2.48. The molecule has 17 heteroatoms. The third-order valence-corrected chi connectivity index (χ3v) is 12.8. The first-order valence-corrected chi connectivity index (χ1v) is 18.6. The van der Waals surface area contributed by atoms with Gasteiger partial charge in [-0.2, -0.15) is 9.97 Å². The molecule has 0 amide bonds. The van der Waals surface area contributed by atoms with Crippen LogP contribution in [0.2, 0.25) is 0 Å². The van der Waals surface area contributed by atoms with E-state index in [1.807, 2.05) is 4.90 Å². The van der Waals surface area contributed by atoms with Crippen LogP contribution < -0.4 is 20.7 Å². The summed E-state index contributed by atoms with van der Waals surface area (Å²) >= 11 is 0.908. The molecule has 2 bridgehead atoms. The highest BCUT2D eigenvalue weighted by Gasteiger charge is 2.46. The molecule has 4 atom stereocenters. The summed E-state index contributed by atoms with van der Waals surface area (Å²) in [6.45, 7) is 3.53. The number of rotatable bonds is 5. The van der Waals surface area contributed by atoms with Crippen LogP contribution in [0.5, 0.6) is 6.01 Å². The number of piperazine rings is 1. The zero-order valence-corrected chi connectivity index (χ0v) is 28.0. The summed E-state index contributed by atoms with van der Waals surface area (Å²) in [4.78, 5) is 16.7. The molecule has 3 N–H and O–H groups in total. The number of methoxy groups -OCH3 is 1. The van der Waals surface area contributed by atoms with Gasteiger partial charge in [-0.1, -0.05) is 11.3 Å². The van der Waals surface area contributed by atoms with Crippen molar-refractivity contribution in [2.75, 3.05) is 63.7 Å². The van der Waals surface area contributed by atoms with Crippen molar-refractivity contribution >= 4 is 54.1 Å². The number of halogens is 3. The molecule has 1 aromatic carbocycles. The van der Waals surface area contributed by atoms with E-state index in [9.17, 15) is 17.2 Å². The molecule has 12 nitrogen and oxygen atoms in total. The van der Waals surface area contributed by atoms with E-state index in [1.165, 1.54) is 26.0 Å². The van der Waals surface area contributed by atoms with E-state index in [0.717, 1.165) is 47.5 Å². The summed E-state index contributed by atoms with van der Waals surface area (Å²) in [7, 11) is -3.04. The molecular formula is C31H37F3N8O4S2. The minimum absolute atomic E-state index is 0.0404. The predicted molar refractivity (Wildman–Crippen MR) is 175 cm³/mol. The fourth-order valence-corrected chi connectivity index (χ4v) is 10.4. The van der Waals surface area contributed by atoms with Gasteiger partial charge in [-0.25, -0.2) is 26.6 Å². The molecule has 4 unspecified atom stereocenters. The van der Waals surface area contributed by atoms with Crippen LogP contribution in [0.15, 0.2) is 17.0 Å². The van der Waals surface area contributed by atoms with Gasteiger partial charge < -0.3 is 25.4 Å². The number of sulfonamides is 1. The lowest BCUT2D eigenvalue weighted by molar-refractivity contribution is -0.0348. The Morgan fingerprint density at radius 1 is 1.10 bits per heavy atom. The van der Waals surface area contributed by atoms with Crippen molar-refractivity contribution in [2.24, 2.45) is 5.92 Å². The number of thiazole rings is 1. The maximum absolute atomic E-state index is 16.8. The molecule has 0 spiro atoms. The van der Waals surface area contributed by atoms with Crippen LogP contribution in [0, 0.1) is 11.7 Å². The van der Waals surface area contributed by atoms with Crippen LogP contribution in [0.3, 0.4) is 0 Å². The first-order chi connectivity index (χ1) is 23.1. The van der Waals surface area contributed by atoms with Gasteiger partial charge in [0.2, 0.25) is 0 Å². The number of alkyl halides is 1. The normalized spacial score (nSPS) is 27.9. The second kappa shape index (κ2) is 12.3. The van der Waals surface area contributed by atoms with Gasteiger partial charge >= 0.3 is 6.01 Å². The molecular weight excluding hydrogens is 670 g/mol. The lowest BCUT2D eigenvalue weighted by atomic mass is 10.0. The zero-order chi connectivity index (χ0) is 33.3. The van der Waals surface area contributed by atoms with E-state index in [2.05, 4.69) is 25.2 Å². The Balaban J connectivity index is 0.000000321. The Morgan fingerprint density at radius 2 is 1.88 bits per heavy atom. The standard InChI is InChI=1S/C24H25F2N7O4S2.C7H12FN/c1-36-24-30-18-16(26)19(14-4-5-15(25)20-17(14)29-23(27)38-20)33(6-11-9-37-10-11)39(34,35)21(18)22(31-24)32-7-12-2-3-13(8-32)28-12;8-6-4-7-2-1-3-9(7)5-6/h4-5,11-13,28H,2-3,6-10H2,1H3,(H2,27,29);6-7H,1-5H2. The number of benzene rings is 1. The summed E-state index contributed by atoms with van der Waals surface area (Å²) < 4.78 is 84.7. The predicted octanol–water partition coefficient (Wildman–Crippen LogP) is 3.40. The maximum atomic E-state index is 16.8. The van der Waals surface area contributed by atoms with E-state index in [1.54, 1.807) is 0 Å². The van der Waals surface area contributed by atoms with Crippen LogP contribution in [0.4, 0.5) is 24.1 Å². The van der Waals surface area contributed by atoms with Crippen LogP contribution in [-0.2, 0) is 14.8 Å². The molecule has 6 aliphatic heterocycles. The lowest BCUT2D eigenvalue weighted by Crippen LogP contribution is -2.52. The third-order valence-electron chi connectivity index (χ3n) is 10.1. The summed E-state index contributed by atoms with van der Waals surface area (Å²) in [5, 5.41) is 3.59. The van der Waals surface area contributed by atoms with Gasteiger partial charge in [0.05, 0.1) is 36.2 Å². The molecule has 258 valence electrons. The Hall–Kier alpha value is -3.25. The summed E-state index contributed by atoms with van der Waals surface area (Å²) in [6.07, 6.45) is 4.73. The first kappa shape index (κ1) is 32.0. The molecule has 6 aliphatic rings. The highest BCUT2D eigenvalue weighted by molar-refractivity contribution is 7.89. The SMILES string of the molecule is COc1nc2c(c(N3CC4CCC(C3)N4)n1)S(=O)(=O)N(CC1COC1)C(c1ccc(F)c3sc(N)nc13)=C2F.FC1CC2CCCN2C1. The third kappa shape index (κ3) is 5.47. The summed E-state index contributed by atoms with van der Waals surface area (Å²) in [6, 6.07) is 3.29. The van der Waals surface area contributed by atoms with Gasteiger partial charge in [-0.3, -0.25) is 9.21 Å². The molecule has 9 rings (SSSR count). The highest BCUT2D eigenvalue weighted by atomic mass is 32.2. The topological polar surface area (TPSA) is 139 Å². The number of fused-ring (bicyclic) bond motifs is 5. The van der Waals surface area contributed by atoms with Crippen LogP contribution >= 0.6 is 11.3 Å². The lowest BCUT2D eigenvalue weighted by Gasteiger charge is -2.39. The van der Waals surface area contributed by atoms with E-state index >= 15 is 4.39 Å². The second-order valence-electron chi connectivity index (χ2n) is 13.3. The average Bonchev–Trinajstić information content (AvgIpc) is 3.81. The largest absolute Gasteiger partial charge is 0.467 e. The zero-order valence-electron chi connectivity index (χ0n) is 26.4. The van der Waals surface area contributed by atoms with Crippen LogP contribution in [0.25, 0.3) is 21.7 Å². The van der Waals surface area contributed by atoms with Gasteiger partial charge in [0.25, 0.3) is 10.0 Å². The number of hydrogen-bond donors (Lipinski definition) is 2. The van der Waals surface area contributed by atoms with Crippen LogP contribution in [0.1, 0.15) is 43.4 Å². The van der Waals surface area contributed by atoms with Gasteiger partial charge in [0.1, 0.15) is 17.7 Å². The number of ether oxygens (including phenoxy) is 2. The minimum atomic E-state index is -4.39. The quantitative estimate of drug-likeness (QED) is 0.404. The van der Waals surface area contributed by atoms with Gasteiger partial charge in [0.15, 0.2) is 21.7 Å². The number of nitrogens with zero attached hydrogens (tertiary/aromatic N) is 6. The van der Waals surface area contributed by atoms with Gasteiger partial charge in [-0.15, -0.1) is 0 Å². The molecule has 3 aromatic rings. The Kier molecular flexibility index (Phi) is 8.17. The van der Waals surface area contributed by atoms with Crippen molar-refractivity contribution < 1.29 is 31.1 Å². The average molecular weight is 707 g/mol. The second-order valence-corrected chi connectivity index (χ2v) is 16.1. The van der Waals surface area contributed by atoms with Crippen molar-refractivity contribution in [3.05, 3.63) is 29.2 Å². The number of hydrogen-bond acceptors (Lipinski definition) is 12. The van der Waals surface area contributed by atoms with Crippen molar-refractivity contribution in [1.82, 2.24) is 29.5 Å². The first-order valence-electron chi connectivity index (χ1n) is 16.3. The maximum Gasteiger partial charge on any atom is 0.318 e. The van der Waals surface area contributed by atoms with Gasteiger partial charge in [-0.05, 0) is 50.8 Å². The monoisotopic (exact) mass is 706 g/mol. The molecule has 0 saturated carbocycles. The fourth-order valence-electron chi connectivity index (χ4n) is 7.81. The van der Waals surface area contributed by atoms with E-state index in [4.69, 9.17) is 15.2 Å². The van der Waals surface area contributed by atoms with E-state index < -0.39 is 27.8 Å². The Labute approximate surface area is 280 Å². The smallest absolute Gasteiger partial charge is 0.318 e. The van der Waals surface area contributed by atoms with E-state index in [-0.39, 0.29) is 73.6 Å². The number of nitrogens with one attached hydrogen (secondary N) is 1. The van der Waals surface area contributed by atoms with Gasteiger partial charge in [0, 0.05) is 55.8 Å². The summed E-state index contributed by atoms with van der Waals surface area (Å²) in [5.74, 6) is -1.51. The minimum Gasteiger partial charge on any atom is -0.467 e. The molecule has 5 saturated heterocycles. The van der Waals surface area contributed by atoms with Crippen LogP contribution in [-0.4, -0.2) is 110 Å². The van der Waals surface area contributed by atoms with E-state index in [0.29, 0.717) is 38.9 Å². The number of nitrogen functional groups attached to an aromatic ring is 1. The number of anilines is 2. The molecule has 0 radical (unpaired) electrons. The molecule has 0 aliphatic carbocycles. The fraction of sp³-hybridized carbons (Fsp3) is 0.581.